The van der Waals surface area contributed by atoms with E-state index in [4.69, 9.17) is 0 Å². The van der Waals surface area contributed by atoms with Gasteiger partial charge in [-0.05, 0) is 50.6 Å². The van der Waals surface area contributed by atoms with E-state index in [0.29, 0.717) is 5.16 Å². The van der Waals surface area contributed by atoms with Crippen molar-refractivity contribution >= 4 is 17.5 Å². The lowest BCUT2D eigenvalue weighted by Gasteiger charge is -2.18. The molecular formula is C22H26FN4OS+. The third kappa shape index (κ3) is 4.74. The monoisotopic (exact) mass is 413 g/mol. The molecule has 1 aromatic heterocycles. The highest BCUT2D eigenvalue weighted by molar-refractivity contribution is 7.99. The van der Waals surface area contributed by atoms with Gasteiger partial charge in [0.25, 0.3) is 0 Å². The number of Topliss-reactive ketones (excluding diaryl/α,β-unsaturated/α-hetero) is 1. The molecule has 1 heterocycles. The molecule has 0 amide bonds. The Morgan fingerprint density at radius 2 is 1.83 bits per heavy atom. The number of quaternary nitrogens is 1. The summed E-state index contributed by atoms with van der Waals surface area (Å²) in [4.78, 5) is 14.0. The van der Waals surface area contributed by atoms with Crippen LogP contribution >= 0.6 is 11.8 Å². The smallest absolute Gasteiger partial charge is 0.196 e. The number of rotatable bonds is 7. The third-order valence-corrected chi connectivity index (χ3v) is 5.94. The molecule has 0 radical (unpaired) electrons. The highest BCUT2D eigenvalue weighted by atomic mass is 32.2. The van der Waals surface area contributed by atoms with Crippen molar-refractivity contribution in [2.45, 2.75) is 32.0 Å². The Kier molecular flexibility index (Phi) is 6.49. The molecule has 0 saturated heterocycles. The number of aryl methyl sites for hydroxylation is 2. The summed E-state index contributed by atoms with van der Waals surface area (Å²) in [5.41, 5.74) is 3.61. The van der Waals surface area contributed by atoms with Crippen LogP contribution in [-0.2, 0) is 0 Å². The predicted molar refractivity (Wildman–Crippen MR) is 114 cm³/mol. The molecule has 0 unspecified atom stereocenters. The molecule has 2 aromatic carbocycles. The zero-order chi connectivity index (χ0) is 21.1. The number of carbonyl (C=O) groups excluding carboxylic acids is 1. The van der Waals surface area contributed by atoms with Crippen LogP contribution in [0.2, 0.25) is 0 Å². The lowest BCUT2D eigenvalue weighted by Crippen LogP contribution is -3.05. The van der Waals surface area contributed by atoms with Gasteiger partial charge < -0.3 is 4.90 Å². The lowest BCUT2D eigenvalue weighted by atomic mass is 10.0. The van der Waals surface area contributed by atoms with E-state index in [0.717, 1.165) is 28.2 Å². The maximum Gasteiger partial charge on any atom is 0.196 e. The van der Waals surface area contributed by atoms with Crippen LogP contribution in [0.1, 0.15) is 40.3 Å². The Balaban J connectivity index is 1.90. The standard InChI is InChI=1S/C22H25FN4OS/c1-14-6-11-19(15(2)12-14)20(28)13-29-22-25-24-21(16(3)26(4)5)27(22)18-9-7-17(23)8-10-18/h6-12,16H,13H2,1-5H3/p+1/t16-/m0/s1. The first-order valence-corrected chi connectivity index (χ1v) is 10.5. The quantitative estimate of drug-likeness (QED) is 0.477. The second-order valence-corrected chi connectivity index (χ2v) is 8.42. The topological polar surface area (TPSA) is 52.2 Å². The van der Waals surface area contributed by atoms with Gasteiger partial charge in [0.15, 0.2) is 16.8 Å². The van der Waals surface area contributed by atoms with Crippen molar-refractivity contribution in [1.82, 2.24) is 14.8 Å². The van der Waals surface area contributed by atoms with Crippen LogP contribution in [0.3, 0.4) is 0 Å². The van der Waals surface area contributed by atoms with E-state index < -0.39 is 0 Å². The van der Waals surface area contributed by atoms with Crippen molar-refractivity contribution in [3.05, 3.63) is 70.8 Å². The van der Waals surface area contributed by atoms with Gasteiger partial charge in [0.2, 0.25) is 0 Å². The molecule has 0 fully saturated rings. The molecule has 0 aliphatic heterocycles. The average molecular weight is 414 g/mol. The summed E-state index contributed by atoms with van der Waals surface area (Å²) in [6, 6.07) is 12.2. The number of nitrogens with one attached hydrogen (secondary N) is 1. The van der Waals surface area contributed by atoms with Gasteiger partial charge in [-0.15, -0.1) is 10.2 Å². The van der Waals surface area contributed by atoms with Crippen LogP contribution < -0.4 is 4.90 Å². The number of carbonyl (C=O) groups is 1. The molecule has 5 nitrogen and oxygen atoms in total. The van der Waals surface area contributed by atoms with Gasteiger partial charge in [0.05, 0.1) is 19.8 Å². The molecule has 3 aromatic rings. The summed E-state index contributed by atoms with van der Waals surface area (Å²) in [5.74, 6) is 0.785. The lowest BCUT2D eigenvalue weighted by molar-refractivity contribution is -0.890. The average Bonchev–Trinajstić information content (AvgIpc) is 3.09. The van der Waals surface area contributed by atoms with Gasteiger partial charge in [-0.1, -0.05) is 35.5 Å². The van der Waals surface area contributed by atoms with Crippen LogP contribution in [0.5, 0.6) is 0 Å². The fourth-order valence-electron chi connectivity index (χ4n) is 3.08. The first kappa shape index (κ1) is 21.2. The van der Waals surface area contributed by atoms with Crippen molar-refractivity contribution in [3.63, 3.8) is 0 Å². The molecule has 1 atom stereocenters. The molecule has 0 aliphatic rings. The summed E-state index contributed by atoms with van der Waals surface area (Å²) in [6.07, 6.45) is 0. The van der Waals surface area contributed by atoms with Crippen LogP contribution in [0.4, 0.5) is 4.39 Å². The van der Waals surface area contributed by atoms with Crippen molar-refractivity contribution in [2.24, 2.45) is 0 Å². The van der Waals surface area contributed by atoms with E-state index in [9.17, 15) is 9.18 Å². The van der Waals surface area contributed by atoms with Crippen molar-refractivity contribution in [2.75, 3.05) is 19.8 Å². The number of ketones is 1. The SMILES string of the molecule is Cc1ccc(C(=O)CSc2nnc([C@H](C)[NH+](C)C)n2-c2ccc(F)cc2)c(C)c1. The van der Waals surface area contributed by atoms with Gasteiger partial charge in [-0.25, -0.2) is 4.39 Å². The highest BCUT2D eigenvalue weighted by Gasteiger charge is 2.24. The highest BCUT2D eigenvalue weighted by Crippen LogP contribution is 2.25. The number of thioether (sulfide) groups is 1. The second kappa shape index (κ2) is 8.88. The summed E-state index contributed by atoms with van der Waals surface area (Å²) >= 11 is 1.35. The predicted octanol–water partition coefficient (Wildman–Crippen LogP) is 3.20. The summed E-state index contributed by atoms with van der Waals surface area (Å²) in [5, 5.41) is 9.34. The Morgan fingerprint density at radius 1 is 1.14 bits per heavy atom. The Morgan fingerprint density at radius 3 is 2.45 bits per heavy atom. The van der Waals surface area contributed by atoms with Crippen LogP contribution in [0, 0.1) is 19.7 Å². The molecule has 0 spiro atoms. The van der Waals surface area contributed by atoms with Crippen LogP contribution in [0.15, 0.2) is 47.6 Å². The van der Waals surface area contributed by atoms with Crippen molar-refractivity contribution in [1.29, 1.82) is 0 Å². The fraction of sp³-hybridized carbons (Fsp3) is 0.318. The fourth-order valence-corrected chi connectivity index (χ4v) is 3.92. The van der Waals surface area contributed by atoms with E-state index in [1.165, 1.54) is 28.8 Å². The first-order chi connectivity index (χ1) is 13.8. The number of benzene rings is 2. The number of nitrogens with zero attached hydrogens (tertiary/aromatic N) is 3. The summed E-state index contributed by atoms with van der Waals surface area (Å²) < 4.78 is 15.3. The molecule has 3 rings (SSSR count). The minimum absolute atomic E-state index is 0.0500. The van der Waals surface area contributed by atoms with E-state index in [1.54, 1.807) is 12.1 Å². The van der Waals surface area contributed by atoms with Crippen molar-refractivity contribution in [3.8, 4) is 5.69 Å². The maximum atomic E-state index is 13.4. The summed E-state index contributed by atoms with van der Waals surface area (Å²) in [6.45, 7) is 6.02. The number of hydrogen-bond acceptors (Lipinski definition) is 4. The molecule has 1 N–H and O–H groups in total. The Bertz CT molecular complexity index is 1010. The molecular weight excluding hydrogens is 387 g/mol. The van der Waals surface area contributed by atoms with Crippen LogP contribution in [-0.4, -0.2) is 40.4 Å². The molecule has 29 heavy (non-hydrogen) atoms. The molecule has 0 aliphatic carbocycles. The van der Waals surface area contributed by atoms with Gasteiger partial charge in [0.1, 0.15) is 11.9 Å². The van der Waals surface area contributed by atoms with E-state index in [2.05, 4.69) is 17.1 Å². The van der Waals surface area contributed by atoms with Gasteiger partial charge in [-0.3, -0.25) is 9.36 Å². The van der Waals surface area contributed by atoms with E-state index >= 15 is 0 Å². The van der Waals surface area contributed by atoms with E-state index in [1.807, 2.05) is 50.7 Å². The molecule has 7 heteroatoms. The largest absolute Gasteiger partial charge is 0.331 e. The zero-order valence-electron chi connectivity index (χ0n) is 17.4. The normalized spacial score (nSPS) is 12.4. The maximum absolute atomic E-state index is 13.4. The second-order valence-electron chi connectivity index (χ2n) is 7.48. The number of aromatic nitrogens is 3. The van der Waals surface area contributed by atoms with Gasteiger partial charge in [0, 0.05) is 11.3 Å². The Labute approximate surface area is 175 Å². The van der Waals surface area contributed by atoms with Crippen molar-refractivity contribution < 1.29 is 14.1 Å². The molecule has 152 valence electrons. The minimum Gasteiger partial charge on any atom is -0.331 e. The van der Waals surface area contributed by atoms with Gasteiger partial charge in [-0.2, -0.15) is 0 Å². The minimum atomic E-state index is -0.297. The summed E-state index contributed by atoms with van der Waals surface area (Å²) in [7, 11) is 4.09. The molecule has 0 bridgehead atoms. The van der Waals surface area contributed by atoms with E-state index in [-0.39, 0.29) is 23.4 Å². The zero-order valence-corrected chi connectivity index (χ0v) is 18.2. The number of hydrogen-bond donors (Lipinski definition) is 1. The number of halogens is 1. The third-order valence-electron chi connectivity index (χ3n) is 5.01. The Hall–Kier alpha value is -2.51. The molecule has 0 saturated carbocycles. The van der Waals surface area contributed by atoms with Gasteiger partial charge >= 0.3 is 0 Å². The van der Waals surface area contributed by atoms with Crippen LogP contribution in [0.25, 0.3) is 5.69 Å². The first-order valence-electron chi connectivity index (χ1n) is 9.52.